The Morgan fingerprint density at radius 2 is 2.05 bits per heavy atom. The summed E-state index contributed by atoms with van der Waals surface area (Å²) >= 11 is 11.3. The van der Waals surface area contributed by atoms with Crippen molar-refractivity contribution in [2.24, 2.45) is 5.92 Å². The number of halogens is 3. The summed E-state index contributed by atoms with van der Waals surface area (Å²) in [7, 11) is 0. The summed E-state index contributed by atoms with van der Waals surface area (Å²) in [6.45, 7) is 3.60. The van der Waals surface area contributed by atoms with Crippen LogP contribution in [0.4, 0.5) is 10.1 Å². The fraction of sp³-hybridized carbons (Fsp3) is 0.455. The van der Waals surface area contributed by atoms with Crippen LogP contribution in [0.2, 0.25) is 10.0 Å². The summed E-state index contributed by atoms with van der Waals surface area (Å²) in [5.74, 6) is -1.73. The van der Waals surface area contributed by atoms with Gasteiger partial charge in [-0.3, -0.25) is 0 Å². The number of nitrogens with zero attached hydrogens (tertiary/aromatic N) is 1. The average Bonchev–Trinajstić information content (AvgIpc) is 2.36. The molecule has 5 nitrogen and oxygen atoms in total. The van der Waals surface area contributed by atoms with Crippen LogP contribution in [0.3, 0.4) is 0 Å². The van der Waals surface area contributed by atoms with E-state index in [2.05, 4.69) is 4.98 Å². The summed E-state index contributed by atoms with van der Waals surface area (Å²) in [6, 6.07) is 0. The van der Waals surface area contributed by atoms with E-state index >= 15 is 0 Å². The van der Waals surface area contributed by atoms with E-state index in [-0.39, 0.29) is 34.1 Å². The predicted octanol–water partition coefficient (Wildman–Crippen LogP) is 2.69. The van der Waals surface area contributed by atoms with Crippen LogP contribution in [0, 0.1) is 11.9 Å². The molecule has 0 atom stereocenters. The Balaban J connectivity index is 2.66. The Morgan fingerprint density at radius 3 is 2.63 bits per heavy atom. The van der Waals surface area contributed by atoms with E-state index in [1.54, 1.807) is 0 Å². The third kappa shape index (κ3) is 4.40. The van der Waals surface area contributed by atoms with E-state index in [1.165, 1.54) is 0 Å². The lowest BCUT2D eigenvalue weighted by molar-refractivity contribution is -0.147. The van der Waals surface area contributed by atoms with Crippen molar-refractivity contribution in [3.8, 4) is 5.88 Å². The number of esters is 1. The highest BCUT2D eigenvalue weighted by Gasteiger charge is 2.17. The molecular formula is C11H13Cl2FN2O3. The van der Waals surface area contributed by atoms with E-state index in [9.17, 15) is 9.18 Å². The minimum atomic E-state index is -1.02. The van der Waals surface area contributed by atoms with Crippen LogP contribution in [0.25, 0.3) is 0 Å². The van der Waals surface area contributed by atoms with Gasteiger partial charge in [0, 0.05) is 0 Å². The third-order valence-electron chi connectivity index (χ3n) is 1.95. The van der Waals surface area contributed by atoms with Crippen LogP contribution in [0.5, 0.6) is 5.88 Å². The number of nitrogens with two attached hydrogens (primary N) is 1. The summed E-state index contributed by atoms with van der Waals surface area (Å²) in [4.78, 5) is 14.7. The first-order chi connectivity index (χ1) is 8.82. The molecule has 19 heavy (non-hydrogen) atoms. The standard InChI is InChI=1S/C11H13Cl2FN2O3/c1-5(2)3-18-6(17)4-19-11-8(13)9(15)7(12)10(14)16-11/h5H,3-4H2,1-2H3,(H2,15,16). The van der Waals surface area contributed by atoms with E-state index in [4.69, 9.17) is 38.4 Å². The molecule has 1 heterocycles. The van der Waals surface area contributed by atoms with Gasteiger partial charge in [0.15, 0.2) is 6.61 Å². The quantitative estimate of drug-likeness (QED) is 0.668. The van der Waals surface area contributed by atoms with Gasteiger partial charge in [0.1, 0.15) is 10.0 Å². The van der Waals surface area contributed by atoms with E-state index in [0.29, 0.717) is 0 Å². The summed E-state index contributed by atoms with van der Waals surface area (Å²) in [6.07, 6.45) is 0. The van der Waals surface area contributed by atoms with Crippen LogP contribution < -0.4 is 10.5 Å². The SMILES string of the molecule is CC(C)COC(=O)COc1nc(F)c(Cl)c(N)c1Cl. The zero-order valence-electron chi connectivity index (χ0n) is 10.4. The van der Waals surface area contributed by atoms with Crippen molar-refractivity contribution in [3.05, 3.63) is 16.0 Å². The Hall–Kier alpha value is -1.27. The lowest BCUT2D eigenvalue weighted by atomic mass is 10.2. The monoisotopic (exact) mass is 310 g/mol. The maximum Gasteiger partial charge on any atom is 0.344 e. The van der Waals surface area contributed by atoms with Gasteiger partial charge in [-0.1, -0.05) is 37.0 Å². The van der Waals surface area contributed by atoms with Gasteiger partial charge in [-0.05, 0) is 5.92 Å². The highest BCUT2D eigenvalue weighted by Crippen LogP contribution is 2.35. The van der Waals surface area contributed by atoms with Crippen LogP contribution in [0.15, 0.2) is 0 Å². The zero-order chi connectivity index (χ0) is 14.6. The largest absolute Gasteiger partial charge is 0.464 e. The normalized spacial score (nSPS) is 10.6. The summed E-state index contributed by atoms with van der Waals surface area (Å²) < 4.78 is 23.0. The topological polar surface area (TPSA) is 74.4 Å². The molecule has 0 spiro atoms. The number of hydrogen-bond acceptors (Lipinski definition) is 5. The van der Waals surface area contributed by atoms with Gasteiger partial charge in [0.05, 0.1) is 12.3 Å². The minimum absolute atomic E-state index is 0.150. The van der Waals surface area contributed by atoms with Crippen molar-refractivity contribution >= 4 is 34.9 Å². The first kappa shape index (κ1) is 15.8. The van der Waals surface area contributed by atoms with Crippen LogP contribution in [-0.2, 0) is 9.53 Å². The number of anilines is 1. The molecule has 0 fully saturated rings. The molecule has 0 radical (unpaired) electrons. The molecule has 0 amide bonds. The Kier molecular flexibility index (Phi) is 5.62. The van der Waals surface area contributed by atoms with E-state index in [1.807, 2.05) is 13.8 Å². The molecule has 8 heteroatoms. The van der Waals surface area contributed by atoms with Crippen molar-refractivity contribution in [1.29, 1.82) is 0 Å². The van der Waals surface area contributed by atoms with Crippen molar-refractivity contribution < 1.29 is 18.7 Å². The van der Waals surface area contributed by atoms with Crippen molar-refractivity contribution in [2.75, 3.05) is 18.9 Å². The van der Waals surface area contributed by atoms with Crippen LogP contribution >= 0.6 is 23.2 Å². The van der Waals surface area contributed by atoms with Crippen molar-refractivity contribution in [2.45, 2.75) is 13.8 Å². The number of hydrogen-bond donors (Lipinski definition) is 1. The molecule has 0 saturated carbocycles. The molecule has 1 aromatic rings. The Bertz CT molecular complexity index is 483. The maximum absolute atomic E-state index is 13.2. The number of carbonyl (C=O) groups is 1. The summed E-state index contributed by atoms with van der Waals surface area (Å²) in [5, 5.41) is -0.539. The molecule has 0 aliphatic rings. The summed E-state index contributed by atoms with van der Waals surface area (Å²) in [5.41, 5.74) is 5.26. The van der Waals surface area contributed by atoms with Gasteiger partial charge < -0.3 is 15.2 Å². The number of nitrogen functional groups attached to an aromatic ring is 1. The van der Waals surface area contributed by atoms with Gasteiger partial charge in [-0.25, -0.2) is 4.79 Å². The smallest absolute Gasteiger partial charge is 0.344 e. The zero-order valence-corrected chi connectivity index (χ0v) is 11.9. The first-order valence-corrected chi connectivity index (χ1v) is 6.16. The Morgan fingerprint density at radius 1 is 1.42 bits per heavy atom. The maximum atomic E-state index is 13.2. The number of rotatable bonds is 5. The molecule has 0 unspecified atom stereocenters. The lowest BCUT2D eigenvalue weighted by Crippen LogP contribution is -2.18. The minimum Gasteiger partial charge on any atom is -0.464 e. The third-order valence-corrected chi connectivity index (χ3v) is 2.67. The van der Waals surface area contributed by atoms with Gasteiger partial charge in [0.25, 0.3) is 0 Å². The second kappa shape index (κ2) is 6.77. The van der Waals surface area contributed by atoms with Crippen molar-refractivity contribution in [3.63, 3.8) is 0 Å². The molecule has 106 valence electrons. The molecule has 0 bridgehead atoms. The average molecular weight is 311 g/mol. The number of ether oxygens (including phenoxy) is 2. The fourth-order valence-corrected chi connectivity index (χ4v) is 1.41. The fourth-order valence-electron chi connectivity index (χ4n) is 1.03. The van der Waals surface area contributed by atoms with Gasteiger partial charge in [-0.2, -0.15) is 9.37 Å². The van der Waals surface area contributed by atoms with Crippen molar-refractivity contribution in [1.82, 2.24) is 4.98 Å². The second-order valence-electron chi connectivity index (χ2n) is 4.11. The van der Waals surface area contributed by atoms with E-state index < -0.39 is 18.5 Å². The van der Waals surface area contributed by atoms with Gasteiger partial charge in [0.2, 0.25) is 11.8 Å². The molecule has 0 saturated heterocycles. The number of pyridine rings is 1. The second-order valence-corrected chi connectivity index (χ2v) is 4.87. The molecule has 1 aromatic heterocycles. The molecule has 1 rings (SSSR count). The Labute approximate surface area is 119 Å². The first-order valence-electron chi connectivity index (χ1n) is 5.41. The van der Waals surface area contributed by atoms with Crippen LogP contribution in [-0.4, -0.2) is 24.2 Å². The molecular weight excluding hydrogens is 298 g/mol. The number of aromatic nitrogens is 1. The predicted molar refractivity (Wildman–Crippen MR) is 69.9 cm³/mol. The highest BCUT2D eigenvalue weighted by atomic mass is 35.5. The molecule has 0 aromatic carbocycles. The van der Waals surface area contributed by atoms with Gasteiger partial charge >= 0.3 is 5.97 Å². The molecule has 2 N–H and O–H groups in total. The lowest BCUT2D eigenvalue weighted by Gasteiger charge is -2.10. The number of carbonyl (C=O) groups excluding carboxylic acids is 1. The molecule has 0 aliphatic carbocycles. The highest BCUT2D eigenvalue weighted by molar-refractivity contribution is 6.39. The van der Waals surface area contributed by atoms with Gasteiger partial charge in [-0.15, -0.1) is 0 Å². The van der Waals surface area contributed by atoms with E-state index in [0.717, 1.165) is 0 Å². The van der Waals surface area contributed by atoms with Crippen LogP contribution in [0.1, 0.15) is 13.8 Å². The molecule has 0 aliphatic heterocycles.